The van der Waals surface area contributed by atoms with Crippen LogP contribution in [-0.4, -0.2) is 49.5 Å². The molecule has 0 saturated heterocycles. The summed E-state index contributed by atoms with van der Waals surface area (Å²) in [4.78, 5) is 2.11. The zero-order chi connectivity index (χ0) is 15.4. The summed E-state index contributed by atoms with van der Waals surface area (Å²) in [5.74, 6) is -1.23. The standard InChI is InChI=1S/C14H27F3N2O/c1-4-19(11(2)9-20-3)13(10-18)7-5-6-12(8-13)14(15,16)17/h11-12H,4-10,18H2,1-3H3. The molecule has 1 fully saturated rings. The highest BCUT2D eigenvalue weighted by Gasteiger charge is 2.49. The van der Waals surface area contributed by atoms with E-state index in [1.54, 1.807) is 7.11 Å². The molecule has 3 atom stereocenters. The van der Waals surface area contributed by atoms with Gasteiger partial charge in [0, 0.05) is 25.2 Å². The van der Waals surface area contributed by atoms with Gasteiger partial charge in [0.1, 0.15) is 0 Å². The van der Waals surface area contributed by atoms with E-state index in [4.69, 9.17) is 10.5 Å². The molecule has 0 radical (unpaired) electrons. The highest BCUT2D eigenvalue weighted by molar-refractivity contribution is 4.99. The fourth-order valence-corrected chi connectivity index (χ4v) is 3.63. The average molecular weight is 296 g/mol. The van der Waals surface area contributed by atoms with Gasteiger partial charge in [0.25, 0.3) is 0 Å². The first-order chi connectivity index (χ1) is 9.30. The van der Waals surface area contributed by atoms with Crippen LogP contribution in [0.25, 0.3) is 0 Å². The van der Waals surface area contributed by atoms with E-state index in [1.165, 1.54) is 0 Å². The molecule has 0 spiro atoms. The second-order valence-corrected chi connectivity index (χ2v) is 5.85. The van der Waals surface area contributed by atoms with Gasteiger partial charge in [0.15, 0.2) is 0 Å². The van der Waals surface area contributed by atoms with Crippen molar-refractivity contribution >= 4 is 0 Å². The van der Waals surface area contributed by atoms with Crippen molar-refractivity contribution in [3.05, 3.63) is 0 Å². The molecule has 20 heavy (non-hydrogen) atoms. The molecule has 0 aromatic heterocycles. The Labute approximate surface area is 119 Å². The van der Waals surface area contributed by atoms with Crippen LogP contribution in [-0.2, 0) is 4.74 Å². The Hall–Kier alpha value is -0.330. The van der Waals surface area contributed by atoms with E-state index in [-0.39, 0.29) is 25.4 Å². The molecule has 1 aliphatic rings. The summed E-state index contributed by atoms with van der Waals surface area (Å²) in [7, 11) is 1.61. The molecular weight excluding hydrogens is 269 g/mol. The van der Waals surface area contributed by atoms with Crippen molar-refractivity contribution in [2.45, 2.75) is 57.3 Å². The first kappa shape index (κ1) is 17.7. The van der Waals surface area contributed by atoms with Gasteiger partial charge in [-0.3, -0.25) is 4.90 Å². The third kappa shape index (κ3) is 3.86. The molecule has 0 aromatic carbocycles. The highest BCUT2D eigenvalue weighted by Crippen LogP contribution is 2.44. The maximum absolute atomic E-state index is 13.1. The molecule has 6 heteroatoms. The molecule has 3 nitrogen and oxygen atoms in total. The molecule has 0 aliphatic heterocycles. The van der Waals surface area contributed by atoms with Gasteiger partial charge in [-0.25, -0.2) is 0 Å². The van der Waals surface area contributed by atoms with Crippen LogP contribution in [0, 0.1) is 5.92 Å². The molecule has 3 unspecified atom stereocenters. The molecule has 1 aliphatic carbocycles. The van der Waals surface area contributed by atoms with Crippen LogP contribution in [0.2, 0.25) is 0 Å². The molecule has 1 saturated carbocycles. The second kappa shape index (κ2) is 7.09. The van der Waals surface area contributed by atoms with Gasteiger partial charge in [-0.2, -0.15) is 13.2 Å². The zero-order valence-electron chi connectivity index (χ0n) is 12.7. The number of hydrogen-bond acceptors (Lipinski definition) is 3. The van der Waals surface area contributed by atoms with Crippen molar-refractivity contribution in [2.24, 2.45) is 11.7 Å². The first-order valence-electron chi connectivity index (χ1n) is 7.33. The lowest BCUT2D eigenvalue weighted by Gasteiger charge is -2.50. The Morgan fingerprint density at radius 3 is 2.55 bits per heavy atom. The van der Waals surface area contributed by atoms with E-state index in [0.29, 0.717) is 19.6 Å². The Morgan fingerprint density at radius 1 is 1.45 bits per heavy atom. The van der Waals surface area contributed by atoms with Crippen LogP contribution in [0.1, 0.15) is 39.5 Å². The van der Waals surface area contributed by atoms with Gasteiger partial charge in [-0.15, -0.1) is 0 Å². The molecule has 0 bridgehead atoms. The minimum Gasteiger partial charge on any atom is -0.383 e. The number of rotatable bonds is 6. The van der Waals surface area contributed by atoms with E-state index in [0.717, 1.165) is 6.42 Å². The van der Waals surface area contributed by atoms with E-state index >= 15 is 0 Å². The summed E-state index contributed by atoms with van der Waals surface area (Å²) in [6.45, 7) is 5.42. The Bertz CT molecular complexity index is 299. The van der Waals surface area contributed by atoms with E-state index in [9.17, 15) is 13.2 Å². The number of hydrogen-bond donors (Lipinski definition) is 1. The molecule has 120 valence electrons. The summed E-state index contributed by atoms with van der Waals surface area (Å²) in [6, 6.07) is 0.0699. The fraction of sp³-hybridized carbons (Fsp3) is 1.00. The van der Waals surface area contributed by atoms with Crippen molar-refractivity contribution in [2.75, 3.05) is 26.8 Å². The zero-order valence-corrected chi connectivity index (χ0v) is 12.7. The number of methoxy groups -OCH3 is 1. The van der Waals surface area contributed by atoms with Gasteiger partial charge in [0.05, 0.1) is 12.5 Å². The quantitative estimate of drug-likeness (QED) is 0.819. The predicted octanol–water partition coefficient (Wildman–Crippen LogP) is 2.79. The second-order valence-electron chi connectivity index (χ2n) is 5.85. The fourth-order valence-electron chi connectivity index (χ4n) is 3.63. The normalized spacial score (nSPS) is 29.7. The maximum atomic E-state index is 13.1. The third-order valence-electron chi connectivity index (χ3n) is 4.55. The molecule has 1 rings (SSSR count). The average Bonchev–Trinajstić information content (AvgIpc) is 2.39. The molecular formula is C14H27F3N2O. The first-order valence-corrected chi connectivity index (χ1v) is 7.33. The van der Waals surface area contributed by atoms with Gasteiger partial charge in [0.2, 0.25) is 0 Å². The van der Waals surface area contributed by atoms with Crippen LogP contribution >= 0.6 is 0 Å². The minimum atomic E-state index is -4.12. The van der Waals surface area contributed by atoms with Crippen LogP contribution in [0.4, 0.5) is 13.2 Å². The lowest BCUT2D eigenvalue weighted by molar-refractivity contribution is -0.195. The van der Waals surface area contributed by atoms with Crippen molar-refractivity contribution in [3.63, 3.8) is 0 Å². The van der Waals surface area contributed by atoms with E-state index < -0.39 is 17.6 Å². The van der Waals surface area contributed by atoms with E-state index in [2.05, 4.69) is 4.90 Å². The van der Waals surface area contributed by atoms with Gasteiger partial charge in [-0.05, 0) is 32.7 Å². The van der Waals surface area contributed by atoms with Crippen LogP contribution in [0.15, 0.2) is 0 Å². The number of alkyl halides is 3. The summed E-state index contributed by atoms with van der Waals surface area (Å²) < 4.78 is 44.3. The maximum Gasteiger partial charge on any atom is 0.391 e. The molecule has 2 N–H and O–H groups in total. The van der Waals surface area contributed by atoms with Gasteiger partial charge in [-0.1, -0.05) is 13.3 Å². The van der Waals surface area contributed by atoms with Gasteiger partial charge >= 0.3 is 6.18 Å². The lowest BCUT2D eigenvalue weighted by Crippen LogP contribution is -2.60. The largest absolute Gasteiger partial charge is 0.391 e. The molecule has 0 heterocycles. The minimum absolute atomic E-state index is 0.0699. The Morgan fingerprint density at radius 2 is 2.10 bits per heavy atom. The number of halogens is 3. The summed E-state index contributed by atoms with van der Waals surface area (Å²) in [5.41, 5.74) is 5.35. The van der Waals surface area contributed by atoms with Crippen LogP contribution < -0.4 is 5.73 Å². The summed E-state index contributed by atoms with van der Waals surface area (Å²) in [5, 5.41) is 0. The highest BCUT2D eigenvalue weighted by atomic mass is 19.4. The van der Waals surface area contributed by atoms with Crippen LogP contribution in [0.3, 0.4) is 0 Å². The predicted molar refractivity (Wildman–Crippen MR) is 73.5 cm³/mol. The van der Waals surface area contributed by atoms with Crippen LogP contribution in [0.5, 0.6) is 0 Å². The van der Waals surface area contributed by atoms with Crippen molar-refractivity contribution < 1.29 is 17.9 Å². The van der Waals surface area contributed by atoms with Gasteiger partial charge < -0.3 is 10.5 Å². The Balaban J connectivity index is 2.93. The smallest absolute Gasteiger partial charge is 0.383 e. The van der Waals surface area contributed by atoms with Crippen molar-refractivity contribution in [1.82, 2.24) is 4.90 Å². The lowest BCUT2D eigenvalue weighted by atomic mass is 9.73. The topological polar surface area (TPSA) is 38.5 Å². The number of ether oxygens (including phenoxy) is 1. The van der Waals surface area contributed by atoms with E-state index in [1.807, 2.05) is 13.8 Å². The SMILES string of the molecule is CCN(C(C)COC)C1(CN)CCCC(C(F)(F)F)C1. The Kier molecular flexibility index (Phi) is 6.28. The molecule has 0 amide bonds. The number of likely N-dealkylation sites (N-methyl/N-ethyl adjacent to an activating group) is 1. The van der Waals surface area contributed by atoms with Crippen molar-refractivity contribution in [1.29, 1.82) is 0 Å². The third-order valence-corrected chi connectivity index (χ3v) is 4.55. The number of nitrogens with zero attached hydrogens (tertiary/aromatic N) is 1. The number of nitrogens with two attached hydrogens (primary N) is 1. The van der Waals surface area contributed by atoms with Crippen molar-refractivity contribution in [3.8, 4) is 0 Å². The molecule has 0 aromatic rings. The summed E-state index contributed by atoms with van der Waals surface area (Å²) in [6.07, 6.45) is -2.48. The summed E-state index contributed by atoms with van der Waals surface area (Å²) >= 11 is 0. The monoisotopic (exact) mass is 296 g/mol.